The second-order valence-corrected chi connectivity index (χ2v) is 10.4. The van der Waals surface area contributed by atoms with Gasteiger partial charge in [0, 0.05) is 17.7 Å². The van der Waals surface area contributed by atoms with Crippen molar-refractivity contribution in [2.24, 2.45) is 23.7 Å². The van der Waals surface area contributed by atoms with Gasteiger partial charge in [-0.25, -0.2) is 0 Å². The first kappa shape index (κ1) is 16.1. The zero-order valence-corrected chi connectivity index (χ0v) is 18.0. The summed E-state index contributed by atoms with van der Waals surface area (Å²) in [5.74, 6) is 3.43. The summed E-state index contributed by atoms with van der Waals surface area (Å²) in [6, 6.07) is 4.48. The molecule has 0 aliphatic heterocycles. The molecule has 2 nitrogen and oxygen atoms in total. The third-order valence-electron chi connectivity index (χ3n) is 5.76. The summed E-state index contributed by atoms with van der Waals surface area (Å²) in [6.07, 6.45) is 6.80. The molecule has 4 saturated carbocycles. The third kappa shape index (κ3) is 2.87. The lowest BCUT2D eigenvalue weighted by Crippen LogP contribution is -2.55. The Hall–Kier alpha value is 0.630. The smallest absolute Gasteiger partial charge is 0.252 e. The van der Waals surface area contributed by atoms with E-state index in [9.17, 15) is 4.79 Å². The van der Waals surface area contributed by atoms with Gasteiger partial charge in [0.15, 0.2) is 0 Å². The van der Waals surface area contributed by atoms with Gasteiger partial charge in [-0.3, -0.25) is 4.79 Å². The predicted molar refractivity (Wildman–Crippen MR) is 108 cm³/mol. The van der Waals surface area contributed by atoms with Crippen molar-refractivity contribution in [2.75, 3.05) is 0 Å². The fourth-order valence-electron chi connectivity index (χ4n) is 5.11. The number of carbonyl (C=O) groups excluding carboxylic acids is 1. The summed E-state index contributed by atoms with van der Waals surface area (Å²) in [5.41, 5.74) is 0.783. The van der Waals surface area contributed by atoms with Crippen molar-refractivity contribution in [3.63, 3.8) is 0 Å². The molecule has 1 aromatic carbocycles. The summed E-state index contributed by atoms with van der Waals surface area (Å²) in [7, 11) is 0. The normalized spacial score (nSPS) is 35.7. The summed E-state index contributed by atoms with van der Waals surface area (Å²) < 4.78 is 3.13. The van der Waals surface area contributed by atoms with Crippen LogP contribution >= 0.6 is 61.1 Å². The molecule has 118 valence electrons. The Balaban J connectivity index is 1.55. The zero-order chi connectivity index (χ0) is 15.4. The second kappa shape index (κ2) is 6.17. The van der Waals surface area contributed by atoms with E-state index < -0.39 is 0 Å². The Kier molecular flexibility index (Phi) is 4.52. The SMILES string of the molecule is O=C(NC1C2CC3CC(C2)CC1C3)c1cc(I)cc(I)c1Br. The van der Waals surface area contributed by atoms with Gasteiger partial charge in [-0.2, -0.15) is 0 Å². The number of hydrogen-bond acceptors (Lipinski definition) is 1. The van der Waals surface area contributed by atoms with Crippen molar-refractivity contribution >= 4 is 67.0 Å². The van der Waals surface area contributed by atoms with E-state index >= 15 is 0 Å². The molecule has 0 atom stereocenters. The van der Waals surface area contributed by atoms with Crippen LogP contribution in [0.5, 0.6) is 0 Å². The van der Waals surface area contributed by atoms with Gasteiger partial charge in [0.1, 0.15) is 0 Å². The van der Waals surface area contributed by atoms with Crippen molar-refractivity contribution < 1.29 is 4.79 Å². The Morgan fingerprint density at radius 3 is 2.23 bits per heavy atom. The number of halogens is 3. The molecule has 0 unspecified atom stereocenters. The highest BCUT2D eigenvalue weighted by molar-refractivity contribution is 14.1. The van der Waals surface area contributed by atoms with Gasteiger partial charge in [-0.1, -0.05) is 0 Å². The van der Waals surface area contributed by atoms with E-state index in [1.165, 1.54) is 32.1 Å². The molecule has 0 heterocycles. The first-order chi connectivity index (χ1) is 10.5. The van der Waals surface area contributed by atoms with Crippen molar-refractivity contribution in [2.45, 2.75) is 38.1 Å². The van der Waals surface area contributed by atoms with Crippen LogP contribution in [0.3, 0.4) is 0 Å². The molecule has 5 rings (SSSR count). The van der Waals surface area contributed by atoms with E-state index in [4.69, 9.17) is 0 Å². The minimum absolute atomic E-state index is 0.0979. The fourth-order valence-corrected chi connectivity index (χ4v) is 7.36. The van der Waals surface area contributed by atoms with Crippen LogP contribution < -0.4 is 5.32 Å². The molecule has 0 radical (unpaired) electrons. The van der Waals surface area contributed by atoms with E-state index in [1.807, 2.05) is 6.07 Å². The van der Waals surface area contributed by atoms with Crippen LogP contribution in [-0.4, -0.2) is 11.9 Å². The summed E-state index contributed by atoms with van der Waals surface area (Å²) in [4.78, 5) is 12.8. The number of nitrogens with one attached hydrogen (secondary N) is 1. The first-order valence-electron chi connectivity index (χ1n) is 7.96. The fraction of sp³-hybridized carbons (Fsp3) is 0.588. The van der Waals surface area contributed by atoms with Gasteiger partial charge in [-0.15, -0.1) is 0 Å². The van der Waals surface area contributed by atoms with Crippen LogP contribution in [0.15, 0.2) is 16.6 Å². The molecule has 4 aliphatic carbocycles. The van der Waals surface area contributed by atoms with Crippen LogP contribution in [0.25, 0.3) is 0 Å². The van der Waals surface area contributed by atoms with E-state index in [1.54, 1.807) is 0 Å². The standard InChI is InChI=1S/C17H18BrI2NO/c18-15-13(6-12(19)7-14(15)20)17(22)21-16-10-2-8-1-9(4-10)5-11(16)3-8/h6-11,16H,1-5H2,(H,21,22). The highest BCUT2D eigenvalue weighted by Crippen LogP contribution is 2.53. The predicted octanol–water partition coefficient (Wildman–Crippen LogP) is 5.21. The first-order valence-corrected chi connectivity index (χ1v) is 10.9. The second-order valence-electron chi connectivity index (χ2n) is 7.18. The largest absolute Gasteiger partial charge is 0.349 e. The van der Waals surface area contributed by atoms with Crippen molar-refractivity contribution in [3.05, 3.63) is 29.3 Å². The molecule has 0 saturated heterocycles. The minimum Gasteiger partial charge on any atom is -0.349 e. The average Bonchev–Trinajstić information content (AvgIpc) is 2.45. The number of hydrogen-bond donors (Lipinski definition) is 1. The molecular weight excluding hydrogens is 568 g/mol. The van der Waals surface area contributed by atoms with Crippen molar-refractivity contribution in [3.8, 4) is 0 Å². The highest BCUT2D eigenvalue weighted by atomic mass is 127. The maximum Gasteiger partial charge on any atom is 0.252 e. The maximum absolute atomic E-state index is 12.8. The molecule has 4 fully saturated rings. The summed E-state index contributed by atoms with van der Waals surface area (Å²) >= 11 is 8.15. The van der Waals surface area contributed by atoms with Gasteiger partial charge in [-0.05, 0) is 129 Å². The summed E-state index contributed by atoms with van der Waals surface area (Å²) in [6.45, 7) is 0. The van der Waals surface area contributed by atoms with Crippen molar-refractivity contribution in [1.29, 1.82) is 0 Å². The number of carbonyl (C=O) groups is 1. The lowest BCUT2D eigenvalue weighted by atomic mass is 9.54. The molecule has 0 spiro atoms. The van der Waals surface area contributed by atoms with Gasteiger partial charge in [0.2, 0.25) is 0 Å². The minimum atomic E-state index is 0.0979. The number of amides is 1. The Morgan fingerprint density at radius 1 is 1.05 bits per heavy atom. The van der Waals surface area contributed by atoms with Crippen LogP contribution in [0.1, 0.15) is 42.5 Å². The monoisotopic (exact) mass is 585 g/mol. The molecule has 22 heavy (non-hydrogen) atoms. The van der Waals surface area contributed by atoms with E-state index in [-0.39, 0.29) is 5.91 Å². The van der Waals surface area contributed by atoms with Gasteiger partial charge in [0.05, 0.1) is 5.56 Å². The van der Waals surface area contributed by atoms with Crippen molar-refractivity contribution in [1.82, 2.24) is 5.32 Å². The summed E-state index contributed by atoms with van der Waals surface area (Å²) in [5, 5.41) is 3.40. The maximum atomic E-state index is 12.8. The number of benzene rings is 1. The average molecular weight is 586 g/mol. The lowest BCUT2D eigenvalue weighted by Gasteiger charge is -2.54. The quantitative estimate of drug-likeness (QED) is 0.375. The third-order valence-corrected chi connectivity index (χ3v) is 8.83. The van der Waals surface area contributed by atoms with Crippen LogP contribution in [0, 0.1) is 30.8 Å². The van der Waals surface area contributed by atoms with E-state index in [0.717, 1.165) is 40.8 Å². The van der Waals surface area contributed by atoms with Gasteiger partial charge < -0.3 is 5.32 Å². The zero-order valence-electron chi connectivity index (χ0n) is 12.1. The van der Waals surface area contributed by atoms with Crippen LogP contribution in [-0.2, 0) is 0 Å². The Morgan fingerprint density at radius 2 is 1.64 bits per heavy atom. The molecule has 1 amide bonds. The van der Waals surface area contributed by atoms with Gasteiger partial charge >= 0.3 is 0 Å². The lowest BCUT2D eigenvalue weighted by molar-refractivity contribution is -0.0119. The van der Waals surface area contributed by atoms with E-state index in [0.29, 0.717) is 6.04 Å². The van der Waals surface area contributed by atoms with E-state index in [2.05, 4.69) is 72.5 Å². The molecule has 5 heteroatoms. The highest BCUT2D eigenvalue weighted by Gasteiger charge is 2.48. The molecule has 0 aromatic heterocycles. The molecular formula is C17H18BrI2NO. The molecule has 1 aromatic rings. The topological polar surface area (TPSA) is 29.1 Å². The number of rotatable bonds is 2. The van der Waals surface area contributed by atoms with Crippen LogP contribution in [0.4, 0.5) is 0 Å². The molecule has 4 bridgehead atoms. The Bertz CT molecular complexity index is 605. The van der Waals surface area contributed by atoms with Crippen LogP contribution in [0.2, 0.25) is 0 Å². The molecule has 1 N–H and O–H groups in total. The Labute approximate surface area is 167 Å². The van der Waals surface area contributed by atoms with Gasteiger partial charge in [0.25, 0.3) is 5.91 Å². The molecule has 4 aliphatic rings.